The second-order valence-electron chi connectivity index (χ2n) is 38.7. The van der Waals surface area contributed by atoms with Crippen LogP contribution >= 0.6 is 0 Å². The van der Waals surface area contributed by atoms with Gasteiger partial charge in [-0.1, -0.05) is 380 Å². The number of fused-ring (bicyclic) bond motifs is 16. The molecule has 4 heterocycles. The first-order valence-corrected chi connectivity index (χ1v) is 51.6. The van der Waals surface area contributed by atoms with Gasteiger partial charge in [0.05, 0.1) is 50.7 Å². The van der Waals surface area contributed by atoms with Crippen molar-refractivity contribution < 1.29 is 37.9 Å². The van der Waals surface area contributed by atoms with E-state index in [0.29, 0.717) is 53.1 Å². The molecule has 0 fully saturated rings. The maximum atomic E-state index is 7.84. The van der Waals surface area contributed by atoms with Gasteiger partial charge < -0.3 is 37.9 Å². The fourth-order valence-corrected chi connectivity index (χ4v) is 22.2. The van der Waals surface area contributed by atoms with Crippen LogP contribution in [0.5, 0.6) is 46.0 Å². The maximum absolute atomic E-state index is 7.84. The largest absolute Gasteiger partial charge is 0.496 e. The molecule has 12 nitrogen and oxygen atoms in total. The van der Waals surface area contributed by atoms with Crippen molar-refractivity contribution >= 4 is 0 Å². The van der Waals surface area contributed by atoms with Crippen molar-refractivity contribution in [3.63, 3.8) is 0 Å². The Labute approximate surface area is 775 Å². The average Bonchev–Trinajstić information content (AvgIpc) is 0.719. The molecule has 5 aliphatic rings. The number of nitrogens with zero attached hydrogens (tertiary/aromatic N) is 4. The lowest BCUT2D eigenvalue weighted by Gasteiger charge is -2.41. The van der Waals surface area contributed by atoms with Crippen LogP contribution in [-0.4, -0.2) is 75.0 Å². The van der Waals surface area contributed by atoms with Crippen molar-refractivity contribution in [2.75, 3.05) is 55.4 Å². The van der Waals surface area contributed by atoms with E-state index >= 15 is 0 Å². The van der Waals surface area contributed by atoms with Crippen LogP contribution in [0.1, 0.15) is 449 Å². The van der Waals surface area contributed by atoms with Gasteiger partial charge in [-0.2, -0.15) is 0 Å². The molecule has 0 aromatic heterocycles. The second kappa shape index (κ2) is 51.1. The molecule has 13 rings (SSSR count). The zero-order chi connectivity index (χ0) is 89.4. The van der Waals surface area contributed by atoms with Gasteiger partial charge in [-0.05, 0) is 99.9 Å². The molecular formula is C116H164N4O8. The van der Waals surface area contributed by atoms with Crippen LogP contribution in [0.25, 0.3) is 0 Å². The second-order valence-corrected chi connectivity index (χ2v) is 38.7. The molecule has 128 heavy (non-hydrogen) atoms. The Morgan fingerprint density at radius 3 is 0.586 bits per heavy atom. The van der Waals surface area contributed by atoms with Gasteiger partial charge in [0.1, 0.15) is 72.9 Å². The van der Waals surface area contributed by atoms with Gasteiger partial charge in [0.25, 0.3) is 0 Å². The molecule has 0 spiro atoms. The van der Waals surface area contributed by atoms with Gasteiger partial charge in [-0.15, -0.1) is 0 Å². The summed E-state index contributed by atoms with van der Waals surface area (Å²) in [4.78, 5) is 10.2. The quantitative estimate of drug-likeness (QED) is 0.0340. The van der Waals surface area contributed by atoms with E-state index in [1.807, 2.05) is 28.4 Å². The molecule has 1 aliphatic carbocycles. The van der Waals surface area contributed by atoms with Crippen molar-refractivity contribution in [1.29, 1.82) is 0 Å². The van der Waals surface area contributed by atoms with Crippen LogP contribution in [0, 0.1) is 0 Å². The third-order valence-corrected chi connectivity index (χ3v) is 30.0. The first-order valence-electron chi connectivity index (χ1n) is 51.6. The summed E-state index contributed by atoms with van der Waals surface area (Å²) in [6, 6.07) is 55.1. The van der Waals surface area contributed by atoms with Gasteiger partial charge in [0, 0.05) is 119 Å². The fourth-order valence-electron chi connectivity index (χ4n) is 22.2. The molecule has 8 bridgehead atoms. The number of unbranched alkanes of at least 4 members (excludes halogenated alkanes) is 32. The molecule has 0 N–H and O–H groups in total. The van der Waals surface area contributed by atoms with E-state index in [2.05, 4.69) is 221 Å². The van der Waals surface area contributed by atoms with Crippen molar-refractivity contribution in [2.24, 2.45) is 0 Å². The molecule has 8 atom stereocenters. The summed E-state index contributed by atoms with van der Waals surface area (Å²) in [6.45, 7) is 23.0. The Bertz CT molecular complexity index is 3940. The Hall–Kier alpha value is -8.00. The highest BCUT2D eigenvalue weighted by Crippen LogP contribution is 2.60. The van der Waals surface area contributed by atoms with Gasteiger partial charge in [-0.3, -0.25) is 19.6 Å². The molecule has 0 amide bonds. The fraction of sp³-hybridized carbons (Fsp3) is 0.586. The highest BCUT2D eigenvalue weighted by atomic mass is 16.5. The molecule has 0 saturated carbocycles. The van der Waals surface area contributed by atoms with Crippen molar-refractivity contribution in [3.05, 3.63) is 235 Å². The Morgan fingerprint density at radius 2 is 0.414 bits per heavy atom. The Balaban J connectivity index is 1.14. The molecule has 0 saturated heterocycles. The normalized spacial score (nSPS) is 17.9. The van der Waals surface area contributed by atoms with Crippen molar-refractivity contribution in [3.8, 4) is 46.0 Å². The zero-order valence-electron chi connectivity index (χ0n) is 81.5. The first kappa shape index (κ1) is 97.5. The number of hydrogen-bond donors (Lipinski definition) is 0. The Morgan fingerprint density at radius 1 is 0.242 bits per heavy atom. The summed E-state index contributed by atoms with van der Waals surface area (Å²) in [5, 5.41) is 0. The van der Waals surface area contributed by atoms with E-state index in [1.165, 1.54) is 247 Å². The van der Waals surface area contributed by atoms with E-state index < -0.39 is 0 Å². The zero-order valence-corrected chi connectivity index (χ0v) is 81.5. The summed E-state index contributed by atoms with van der Waals surface area (Å²) in [5.74, 6) is 6.68. The van der Waals surface area contributed by atoms with Crippen LogP contribution < -0.4 is 37.9 Å². The van der Waals surface area contributed by atoms with Crippen LogP contribution in [0.15, 0.2) is 146 Å². The summed E-state index contributed by atoms with van der Waals surface area (Å²) in [6.07, 6.45) is 47.7. The molecule has 0 radical (unpaired) electrons. The van der Waals surface area contributed by atoms with E-state index in [-0.39, 0.29) is 47.8 Å². The topological polar surface area (TPSA) is 86.8 Å². The monoisotopic (exact) mass is 1740 g/mol. The average molecular weight is 1740 g/mol. The highest BCUT2D eigenvalue weighted by molar-refractivity contribution is 5.70. The highest BCUT2D eigenvalue weighted by Gasteiger charge is 2.44. The lowest BCUT2D eigenvalue weighted by Crippen LogP contribution is -2.36. The van der Waals surface area contributed by atoms with Crippen LogP contribution in [0.2, 0.25) is 0 Å². The lowest BCUT2D eigenvalue weighted by molar-refractivity contribution is 0.0581. The first-order chi connectivity index (χ1) is 63.0. The van der Waals surface area contributed by atoms with Crippen molar-refractivity contribution in [1.82, 2.24) is 19.6 Å². The van der Waals surface area contributed by atoms with Crippen LogP contribution in [0.4, 0.5) is 0 Å². The smallest absolute Gasteiger partial charge is 0.142 e. The van der Waals surface area contributed by atoms with Gasteiger partial charge in [0.15, 0.2) is 0 Å². The van der Waals surface area contributed by atoms with E-state index in [1.54, 1.807) is 0 Å². The van der Waals surface area contributed by atoms with E-state index in [9.17, 15) is 0 Å². The standard InChI is InChI=1S/C116H164N4O8/c1-13-17-21-25-29-33-37-41-57-69-93-97-73-102(114-105(109(97)121-9)77-117(82-126-114)85(5)89-61-49-45-50-62-89)95(71-59-43-39-35-31-27-23-19-15-3)99-75-104(116-107(111(99)123-11)79-119(84-128-116)87(7)91-65-53-47-54-66-91)96(72-60-44-40-36-32-28-24-20-16-4)100-76-103(115-108(112(100)124-12)80-120(83-127-115)88(8)92-67-55-48-56-68-92)94(70-58-42-38-34-30-26-22-18-14-2)98-74-101(93)113-106(110(98)122-10)78-118(81-125-113)86(6)90-63-51-46-52-64-90/h45-56,61-68,73-76,85-88,93-96H,13-44,57-60,69-72,77-84H2,1-12H3/t85-,86-,87-,88-,93?,94?,95?,96?/m1/s1. The number of rotatable bonds is 52. The summed E-state index contributed by atoms with van der Waals surface area (Å²) in [7, 11) is 7.82. The molecular weight excluding hydrogens is 1580 g/mol. The molecule has 4 unspecified atom stereocenters. The SMILES string of the molecule is CCCCCCCCCCCC1c2cc(c3c(c2OC)CN([C@H](C)c2ccccc2)CO3)C(CCCCCCCCCCC)c2cc(c3c(c2OC)CN([C@H](C)c2ccccc2)CO3)C(CCCCCCCCCCC)c2cc(c3c(c2OC)CN([C@H](C)c2ccccc2)CO3)C(CCCCCCCCCCC)c2cc1c1c(c2OC)CN([C@H](C)c2ccccc2)CO1. The van der Waals surface area contributed by atoms with Crippen LogP contribution in [0.3, 0.4) is 0 Å². The molecule has 8 aromatic carbocycles. The number of hydrogen-bond acceptors (Lipinski definition) is 12. The molecule has 4 aliphatic heterocycles. The molecule has 12 heteroatoms. The third kappa shape index (κ3) is 24.6. The minimum absolute atomic E-state index is 0.0437. The lowest BCUT2D eigenvalue weighted by atomic mass is 9.74. The van der Waals surface area contributed by atoms with Crippen molar-refractivity contribution in [2.45, 2.75) is 386 Å². The number of ether oxygens (including phenoxy) is 8. The van der Waals surface area contributed by atoms with E-state index in [4.69, 9.17) is 37.9 Å². The number of benzene rings is 8. The maximum Gasteiger partial charge on any atom is 0.142 e. The predicted octanol–water partition coefficient (Wildman–Crippen LogP) is 31.9. The van der Waals surface area contributed by atoms with Gasteiger partial charge in [-0.25, -0.2) is 0 Å². The summed E-state index contributed by atoms with van der Waals surface area (Å²) >= 11 is 0. The van der Waals surface area contributed by atoms with Gasteiger partial charge >= 0.3 is 0 Å². The van der Waals surface area contributed by atoms with E-state index in [0.717, 1.165) is 145 Å². The summed E-state index contributed by atoms with van der Waals surface area (Å²) in [5.41, 5.74) is 19.2. The number of methoxy groups -OCH3 is 4. The minimum Gasteiger partial charge on any atom is -0.496 e. The predicted molar refractivity (Wildman–Crippen MR) is 530 cm³/mol. The molecule has 8 aromatic rings. The van der Waals surface area contributed by atoms with Crippen LogP contribution in [-0.2, 0) is 26.2 Å². The van der Waals surface area contributed by atoms with Gasteiger partial charge in [0.2, 0.25) is 0 Å². The molecule has 696 valence electrons. The Kier molecular flexibility index (Phi) is 39.0. The minimum atomic E-state index is -0.195. The summed E-state index contributed by atoms with van der Waals surface area (Å²) < 4.78 is 61.0. The third-order valence-electron chi connectivity index (χ3n) is 30.0.